The summed E-state index contributed by atoms with van der Waals surface area (Å²) in [5, 5.41) is 14.6. The second-order valence-electron chi connectivity index (χ2n) is 8.49. The molecule has 0 spiro atoms. The van der Waals surface area contributed by atoms with Crippen LogP contribution in [0.3, 0.4) is 0 Å². The fraction of sp³-hybridized carbons (Fsp3) is 0.500. The number of carbonyl (C=O) groups is 3. The minimum atomic E-state index is -0.960. The average Bonchev–Trinajstić information content (AvgIpc) is 3.43. The van der Waals surface area contributed by atoms with Gasteiger partial charge in [0.15, 0.2) is 11.5 Å². The number of fused-ring (bicyclic) bond motifs is 1. The largest absolute Gasteiger partial charge is 0.441 e. The maximum atomic E-state index is 12.8. The van der Waals surface area contributed by atoms with Crippen molar-refractivity contribution in [3.63, 3.8) is 0 Å². The number of hydrogen-bond donors (Lipinski definition) is 2. The van der Waals surface area contributed by atoms with Crippen LogP contribution in [0.15, 0.2) is 22.6 Å². The van der Waals surface area contributed by atoms with Crippen LogP contribution in [0.25, 0.3) is 11.1 Å². The van der Waals surface area contributed by atoms with Crippen molar-refractivity contribution in [1.82, 2.24) is 20.5 Å². The number of nitriles is 1. The molecule has 1 unspecified atom stereocenters. The number of anilines is 1. The number of carbonyl (C=O) groups excluding carboxylic acids is 3. The van der Waals surface area contributed by atoms with E-state index in [1.165, 1.54) is 0 Å². The van der Waals surface area contributed by atoms with E-state index in [9.17, 15) is 19.6 Å². The molecule has 1 saturated carbocycles. The third-order valence-corrected chi connectivity index (χ3v) is 6.01. The first-order valence-corrected chi connectivity index (χ1v) is 11.3. The third kappa shape index (κ3) is 5.26. The quantitative estimate of drug-likeness (QED) is 0.546. The monoisotopic (exact) mass is 472 g/mol. The molecule has 2 heterocycles. The Bertz CT molecular complexity index is 1120. The molecule has 0 bridgehead atoms. The highest BCUT2D eigenvalue weighted by atomic mass is 35.5. The van der Waals surface area contributed by atoms with Gasteiger partial charge in [-0.15, -0.1) is 11.6 Å². The van der Waals surface area contributed by atoms with Crippen molar-refractivity contribution in [2.45, 2.75) is 37.3 Å². The number of rotatable bonds is 8. The Morgan fingerprint density at radius 2 is 2.15 bits per heavy atom. The van der Waals surface area contributed by atoms with Crippen LogP contribution < -0.4 is 15.5 Å². The van der Waals surface area contributed by atoms with Crippen LogP contribution in [-0.4, -0.2) is 71.7 Å². The third-order valence-electron chi connectivity index (χ3n) is 5.82. The number of nitrogens with zero attached hydrogens (tertiary/aromatic N) is 4. The van der Waals surface area contributed by atoms with Crippen molar-refractivity contribution in [3.8, 4) is 6.07 Å². The molecule has 1 aliphatic carbocycles. The molecular formula is C22H25ClN6O4. The fourth-order valence-electron chi connectivity index (χ4n) is 3.73. The summed E-state index contributed by atoms with van der Waals surface area (Å²) in [7, 11) is 1.90. The van der Waals surface area contributed by atoms with Crippen molar-refractivity contribution in [2.24, 2.45) is 0 Å². The number of halogens is 1. The van der Waals surface area contributed by atoms with E-state index >= 15 is 0 Å². The highest BCUT2D eigenvalue weighted by molar-refractivity contribution is 6.19. The summed E-state index contributed by atoms with van der Waals surface area (Å²) in [6.07, 6.45) is 1.23. The van der Waals surface area contributed by atoms with Crippen LogP contribution in [0, 0.1) is 11.3 Å². The van der Waals surface area contributed by atoms with Crippen LogP contribution in [0.2, 0.25) is 0 Å². The molecular weight excluding hydrogens is 448 g/mol. The van der Waals surface area contributed by atoms with Gasteiger partial charge in [-0.2, -0.15) is 5.26 Å². The van der Waals surface area contributed by atoms with Gasteiger partial charge in [-0.25, -0.2) is 4.98 Å². The zero-order chi connectivity index (χ0) is 23.6. The Hall–Kier alpha value is -3.16. The number of alkyl halides is 1. The zero-order valence-electron chi connectivity index (χ0n) is 18.3. The first kappa shape index (κ1) is 23.0. The van der Waals surface area contributed by atoms with Crippen LogP contribution in [0.1, 0.15) is 25.2 Å². The SMILES string of the molecule is CN1CCN(c2ccc3nc(CC(NC(=O)CCCl)C(=O)NC4(C#N)CC4)oc3c2)C(=O)C1. The first-order chi connectivity index (χ1) is 15.8. The number of benzene rings is 1. The molecule has 2 aromatic rings. The summed E-state index contributed by atoms with van der Waals surface area (Å²) in [5.41, 5.74) is 0.920. The zero-order valence-corrected chi connectivity index (χ0v) is 19.0. The standard InChI is InChI=1S/C22H25ClN6O4/c1-28-8-9-29(20(31)12-28)14-2-3-15-17(10-14)33-19(26-15)11-16(25-18(30)4-7-23)21(32)27-22(13-24)5-6-22/h2-3,10,16H,4-9,11-12H2,1H3,(H,25,30)(H,27,32). The fourth-order valence-corrected chi connectivity index (χ4v) is 3.90. The van der Waals surface area contributed by atoms with Crippen LogP contribution >= 0.6 is 11.6 Å². The summed E-state index contributed by atoms with van der Waals surface area (Å²) < 4.78 is 5.87. The number of likely N-dealkylation sites (N-methyl/N-ethyl adjacent to an activating group) is 1. The van der Waals surface area contributed by atoms with Crippen LogP contribution in [-0.2, 0) is 20.8 Å². The number of aromatic nitrogens is 1. The van der Waals surface area contributed by atoms with E-state index in [2.05, 4.69) is 21.7 Å². The normalized spacial score (nSPS) is 18.6. The molecule has 1 saturated heterocycles. The Morgan fingerprint density at radius 3 is 2.82 bits per heavy atom. The van der Waals surface area contributed by atoms with Crippen LogP contribution in [0.5, 0.6) is 0 Å². The summed E-state index contributed by atoms with van der Waals surface area (Å²) in [4.78, 5) is 45.4. The molecule has 1 atom stereocenters. The maximum absolute atomic E-state index is 12.8. The molecule has 3 amide bonds. The van der Waals surface area contributed by atoms with Crippen molar-refractivity contribution >= 4 is 46.1 Å². The van der Waals surface area contributed by atoms with Crippen molar-refractivity contribution in [1.29, 1.82) is 5.26 Å². The Kier molecular flexibility index (Phi) is 6.54. The van der Waals surface area contributed by atoms with Crippen molar-refractivity contribution in [2.75, 3.05) is 37.5 Å². The number of nitrogens with one attached hydrogen (secondary N) is 2. The number of amides is 3. The minimum absolute atomic E-state index is 0.00748. The maximum Gasteiger partial charge on any atom is 0.244 e. The minimum Gasteiger partial charge on any atom is -0.441 e. The second kappa shape index (κ2) is 9.37. The topological polar surface area (TPSA) is 132 Å². The molecule has 10 nitrogen and oxygen atoms in total. The van der Waals surface area contributed by atoms with Gasteiger partial charge in [0.05, 0.1) is 19.0 Å². The van der Waals surface area contributed by atoms with Gasteiger partial charge in [0.25, 0.3) is 0 Å². The summed E-state index contributed by atoms with van der Waals surface area (Å²) in [6, 6.07) is 6.48. The van der Waals surface area contributed by atoms with E-state index < -0.39 is 17.5 Å². The molecule has 2 N–H and O–H groups in total. The predicted octanol–water partition coefficient (Wildman–Crippen LogP) is 0.935. The van der Waals surface area contributed by atoms with Crippen molar-refractivity contribution in [3.05, 3.63) is 24.1 Å². The van der Waals surface area contributed by atoms with E-state index in [1.807, 2.05) is 18.0 Å². The van der Waals surface area contributed by atoms with Gasteiger partial charge >= 0.3 is 0 Å². The smallest absolute Gasteiger partial charge is 0.244 e. The summed E-state index contributed by atoms with van der Waals surface area (Å²) >= 11 is 5.64. The van der Waals surface area contributed by atoms with Crippen molar-refractivity contribution < 1.29 is 18.8 Å². The lowest BCUT2D eigenvalue weighted by atomic mass is 10.1. The molecule has 0 radical (unpaired) electrons. The highest BCUT2D eigenvalue weighted by Crippen LogP contribution is 2.34. The molecule has 1 aliphatic heterocycles. The van der Waals surface area contributed by atoms with E-state index in [4.69, 9.17) is 16.0 Å². The molecule has 2 fully saturated rings. The Morgan fingerprint density at radius 1 is 1.36 bits per heavy atom. The van der Waals surface area contributed by atoms with Gasteiger partial charge in [-0.1, -0.05) is 0 Å². The van der Waals surface area contributed by atoms with Gasteiger partial charge in [0.1, 0.15) is 17.1 Å². The van der Waals surface area contributed by atoms with E-state index in [-0.39, 0.29) is 36.4 Å². The van der Waals surface area contributed by atoms with Crippen LogP contribution in [0.4, 0.5) is 5.69 Å². The molecule has 33 heavy (non-hydrogen) atoms. The van der Waals surface area contributed by atoms with E-state index in [1.54, 1.807) is 17.0 Å². The Balaban J connectivity index is 1.52. The number of oxazole rings is 1. The van der Waals surface area contributed by atoms with Gasteiger partial charge in [-0.3, -0.25) is 19.3 Å². The average molecular weight is 473 g/mol. The molecule has 1 aromatic heterocycles. The van der Waals surface area contributed by atoms with E-state index in [0.29, 0.717) is 37.0 Å². The first-order valence-electron chi connectivity index (χ1n) is 10.8. The van der Waals surface area contributed by atoms with Gasteiger partial charge < -0.3 is 20.0 Å². The predicted molar refractivity (Wildman–Crippen MR) is 121 cm³/mol. The highest BCUT2D eigenvalue weighted by Gasteiger charge is 2.45. The molecule has 1 aromatic carbocycles. The summed E-state index contributed by atoms with van der Waals surface area (Å²) in [6.45, 7) is 1.70. The second-order valence-corrected chi connectivity index (χ2v) is 8.87. The molecule has 2 aliphatic rings. The summed E-state index contributed by atoms with van der Waals surface area (Å²) in [5.74, 6) is -0.450. The molecule has 4 rings (SSSR count). The molecule has 174 valence electrons. The molecule has 11 heteroatoms. The van der Waals surface area contributed by atoms with Gasteiger partial charge in [0, 0.05) is 37.1 Å². The lowest BCUT2D eigenvalue weighted by Gasteiger charge is -2.32. The number of hydrogen-bond acceptors (Lipinski definition) is 7. The Labute approximate surface area is 195 Å². The lowest BCUT2D eigenvalue weighted by Crippen LogP contribution is -2.51. The van der Waals surface area contributed by atoms with E-state index in [0.717, 1.165) is 12.2 Å². The lowest BCUT2D eigenvalue weighted by molar-refractivity contribution is -0.129. The number of piperazine rings is 1. The van der Waals surface area contributed by atoms with Gasteiger partial charge in [-0.05, 0) is 32.0 Å². The van der Waals surface area contributed by atoms with Gasteiger partial charge in [0.2, 0.25) is 17.7 Å².